The molecule has 1 rings (SSSR count). The highest BCUT2D eigenvalue weighted by Crippen LogP contribution is 2.25. The predicted molar refractivity (Wildman–Crippen MR) is 69.7 cm³/mol. The minimum absolute atomic E-state index is 0.106. The van der Waals surface area contributed by atoms with Gasteiger partial charge in [-0.3, -0.25) is 4.79 Å². The van der Waals surface area contributed by atoms with Gasteiger partial charge in [0.25, 0.3) is 0 Å². The molecule has 0 aromatic heterocycles. The summed E-state index contributed by atoms with van der Waals surface area (Å²) < 4.78 is 5.23. The summed E-state index contributed by atoms with van der Waals surface area (Å²) in [5, 5.41) is 0. The summed E-state index contributed by atoms with van der Waals surface area (Å²) in [6.45, 7) is 4.75. The van der Waals surface area contributed by atoms with Gasteiger partial charge in [-0.15, -0.1) is 0 Å². The summed E-state index contributed by atoms with van der Waals surface area (Å²) >= 11 is 0. The number of methoxy groups -OCH3 is 1. The van der Waals surface area contributed by atoms with E-state index in [-0.39, 0.29) is 5.78 Å². The van der Waals surface area contributed by atoms with Crippen LogP contribution in [0.1, 0.15) is 48.5 Å². The third-order valence-electron chi connectivity index (χ3n) is 2.80. The number of carbonyl (C=O) groups excluding carboxylic acids is 1. The van der Waals surface area contributed by atoms with Crippen molar-refractivity contribution in [2.45, 2.75) is 32.6 Å². The van der Waals surface area contributed by atoms with Gasteiger partial charge in [0.05, 0.1) is 12.7 Å². The first kappa shape index (κ1) is 13.7. The smallest absolute Gasteiger partial charge is 0.166 e. The molecule has 0 bridgehead atoms. The van der Waals surface area contributed by atoms with Crippen molar-refractivity contribution in [2.75, 3.05) is 13.7 Å². The van der Waals surface area contributed by atoms with Gasteiger partial charge in [0.15, 0.2) is 5.78 Å². The fourth-order valence-electron chi connectivity index (χ4n) is 1.70. The maximum atomic E-state index is 12.0. The summed E-state index contributed by atoms with van der Waals surface area (Å²) in [5.41, 5.74) is 7.25. The lowest BCUT2D eigenvalue weighted by atomic mass is 9.97. The Labute approximate surface area is 103 Å². The Morgan fingerprint density at radius 2 is 2.12 bits per heavy atom. The molecule has 1 aromatic carbocycles. The van der Waals surface area contributed by atoms with Crippen LogP contribution in [-0.2, 0) is 0 Å². The quantitative estimate of drug-likeness (QED) is 0.771. The molecule has 0 heterocycles. The van der Waals surface area contributed by atoms with Crippen molar-refractivity contribution < 1.29 is 9.53 Å². The third kappa shape index (κ3) is 3.56. The molecule has 0 saturated heterocycles. The maximum Gasteiger partial charge on any atom is 0.166 e. The molecular weight excluding hydrogens is 214 g/mol. The summed E-state index contributed by atoms with van der Waals surface area (Å²) in [5.74, 6) is 1.16. The number of rotatable bonds is 6. The van der Waals surface area contributed by atoms with Gasteiger partial charge in [0, 0.05) is 6.42 Å². The Bertz CT molecular complexity index is 386. The van der Waals surface area contributed by atoms with Crippen molar-refractivity contribution in [2.24, 2.45) is 5.73 Å². The molecule has 0 amide bonds. The molecular formula is C14H21NO2. The molecule has 3 nitrogen and oxygen atoms in total. The molecule has 94 valence electrons. The monoisotopic (exact) mass is 235 g/mol. The first-order valence-corrected chi connectivity index (χ1v) is 6.01. The van der Waals surface area contributed by atoms with Crippen LogP contribution >= 0.6 is 0 Å². The second-order valence-corrected chi connectivity index (χ2v) is 4.43. The fourth-order valence-corrected chi connectivity index (χ4v) is 1.70. The Hall–Kier alpha value is -1.35. The van der Waals surface area contributed by atoms with Crippen LogP contribution in [-0.4, -0.2) is 19.4 Å². The number of ether oxygens (including phenoxy) is 1. The van der Waals surface area contributed by atoms with E-state index >= 15 is 0 Å². The third-order valence-corrected chi connectivity index (χ3v) is 2.80. The number of carbonyl (C=O) groups is 1. The van der Waals surface area contributed by atoms with Crippen molar-refractivity contribution >= 4 is 5.78 Å². The molecule has 3 heteroatoms. The van der Waals surface area contributed by atoms with Crippen molar-refractivity contribution in [1.29, 1.82) is 0 Å². The number of Topliss-reactive ketones (excluding diaryl/α,β-unsaturated/α-hetero) is 1. The molecule has 0 aliphatic rings. The van der Waals surface area contributed by atoms with Crippen molar-refractivity contribution in [1.82, 2.24) is 0 Å². The van der Waals surface area contributed by atoms with E-state index in [1.165, 1.54) is 0 Å². The second-order valence-electron chi connectivity index (χ2n) is 4.43. The number of hydrogen-bond acceptors (Lipinski definition) is 3. The SMILES string of the molecule is COc1ccc(C(C)C)cc1C(=O)CCCN. The first-order chi connectivity index (χ1) is 8.10. The lowest BCUT2D eigenvalue weighted by Crippen LogP contribution is -2.07. The van der Waals surface area contributed by atoms with E-state index in [9.17, 15) is 4.79 Å². The van der Waals surface area contributed by atoms with Crippen LogP contribution in [0.3, 0.4) is 0 Å². The molecule has 1 aromatic rings. The van der Waals surface area contributed by atoms with Crippen LogP contribution in [0.15, 0.2) is 18.2 Å². The van der Waals surface area contributed by atoms with Gasteiger partial charge in [0.1, 0.15) is 5.75 Å². The molecule has 2 N–H and O–H groups in total. The standard InChI is InChI=1S/C14H21NO2/c1-10(2)11-6-7-14(17-3)12(9-11)13(16)5-4-8-15/h6-7,9-10H,4-5,8,15H2,1-3H3. The molecule has 0 fully saturated rings. The van der Waals surface area contributed by atoms with Gasteiger partial charge < -0.3 is 10.5 Å². The summed E-state index contributed by atoms with van der Waals surface area (Å²) in [7, 11) is 1.59. The highest BCUT2D eigenvalue weighted by molar-refractivity contribution is 5.98. The van der Waals surface area contributed by atoms with Crippen LogP contribution in [0.25, 0.3) is 0 Å². The van der Waals surface area contributed by atoms with E-state index in [1.807, 2.05) is 18.2 Å². The van der Waals surface area contributed by atoms with Crippen molar-refractivity contribution in [3.63, 3.8) is 0 Å². The molecule has 0 aliphatic heterocycles. The molecule has 0 spiro atoms. The summed E-state index contributed by atoms with van der Waals surface area (Å²) in [6, 6.07) is 5.80. The van der Waals surface area contributed by atoms with E-state index in [0.29, 0.717) is 36.6 Å². The lowest BCUT2D eigenvalue weighted by molar-refractivity contribution is 0.0977. The minimum Gasteiger partial charge on any atom is -0.496 e. The molecule has 0 unspecified atom stereocenters. The molecule has 0 saturated carbocycles. The molecule has 0 radical (unpaired) electrons. The average Bonchev–Trinajstić information content (AvgIpc) is 2.34. The normalized spacial score (nSPS) is 10.6. The van der Waals surface area contributed by atoms with E-state index < -0.39 is 0 Å². The van der Waals surface area contributed by atoms with Gasteiger partial charge in [-0.05, 0) is 36.6 Å². The molecule has 0 atom stereocenters. The zero-order valence-corrected chi connectivity index (χ0v) is 10.8. The Morgan fingerprint density at radius 3 is 2.65 bits per heavy atom. The van der Waals surface area contributed by atoms with Crippen molar-refractivity contribution in [3.8, 4) is 5.75 Å². The van der Waals surface area contributed by atoms with Gasteiger partial charge >= 0.3 is 0 Å². The predicted octanol–water partition coefficient (Wildman–Crippen LogP) is 2.74. The summed E-state index contributed by atoms with van der Waals surface area (Å²) in [6.07, 6.45) is 1.20. The van der Waals surface area contributed by atoms with Gasteiger partial charge in [-0.2, -0.15) is 0 Å². The summed E-state index contributed by atoms with van der Waals surface area (Å²) in [4.78, 5) is 12.0. The van der Waals surface area contributed by atoms with Crippen LogP contribution in [0, 0.1) is 0 Å². The largest absolute Gasteiger partial charge is 0.496 e. The highest BCUT2D eigenvalue weighted by atomic mass is 16.5. The Kier molecular flexibility index (Phi) is 5.16. The lowest BCUT2D eigenvalue weighted by Gasteiger charge is -2.11. The number of nitrogens with two attached hydrogens (primary N) is 1. The van der Waals surface area contributed by atoms with Crippen molar-refractivity contribution in [3.05, 3.63) is 29.3 Å². The van der Waals surface area contributed by atoms with Crippen LogP contribution < -0.4 is 10.5 Å². The Morgan fingerprint density at radius 1 is 1.41 bits per heavy atom. The number of hydrogen-bond donors (Lipinski definition) is 1. The average molecular weight is 235 g/mol. The van der Waals surface area contributed by atoms with E-state index in [0.717, 1.165) is 5.56 Å². The zero-order valence-electron chi connectivity index (χ0n) is 10.8. The fraction of sp³-hybridized carbons (Fsp3) is 0.500. The van der Waals surface area contributed by atoms with E-state index in [2.05, 4.69) is 13.8 Å². The van der Waals surface area contributed by atoms with Gasteiger partial charge in [-0.1, -0.05) is 19.9 Å². The van der Waals surface area contributed by atoms with Crippen LogP contribution in [0.4, 0.5) is 0 Å². The topological polar surface area (TPSA) is 52.3 Å². The van der Waals surface area contributed by atoms with E-state index in [1.54, 1.807) is 7.11 Å². The van der Waals surface area contributed by atoms with Gasteiger partial charge in [0.2, 0.25) is 0 Å². The molecule has 17 heavy (non-hydrogen) atoms. The minimum atomic E-state index is 0.106. The Balaban J connectivity index is 3.01. The first-order valence-electron chi connectivity index (χ1n) is 6.01. The van der Waals surface area contributed by atoms with E-state index in [4.69, 9.17) is 10.5 Å². The second kappa shape index (κ2) is 6.40. The number of ketones is 1. The van der Waals surface area contributed by atoms with Gasteiger partial charge in [-0.25, -0.2) is 0 Å². The van der Waals surface area contributed by atoms with Crippen LogP contribution in [0.2, 0.25) is 0 Å². The number of benzene rings is 1. The zero-order chi connectivity index (χ0) is 12.8. The molecule has 0 aliphatic carbocycles. The highest BCUT2D eigenvalue weighted by Gasteiger charge is 2.13. The maximum absolute atomic E-state index is 12.0. The van der Waals surface area contributed by atoms with Crippen LogP contribution in [0.5, 0.6) is 5.75 Å².